The Hall–Kier alpha value is -1.36. The number of amides is 1. The van der Waals surface area contributed by atoms with Gasteiger partial charge in [0.2, 0.25) is 5.91 Å². The van der Waals surface area contributed by atoms with Crippen LogP contribution in [0.15, 0.2) is 34.2 Å². The molecule has 0 atom stereocenters. The second-order valence-electron chi connectivity index (χ2n) is 6.80. The number of nitrogens with one attached hydrogen (secondary N) is 3. The molecule has 0 spiro atoms. The molecule has 0 aromatic heterocycles. The van der Waals surface area contributed by atoms with Crippen LogP contribution >= 0.6 is 24.0 Å². The Labute approximate surface area is 185 Å². The Balaban J connectivity index is 0.00000392. The molecule has 1 fully saturated rings. The highest BCUT2D eigenvalue weighted by Crippen LogP contribution is 2.18. The highest BCUT2D eigenvalue weighted by Gasteiger charge is 2.22. The molecule has 3 N–H and O–H groups in total. The summed E-state index contributed by atoms with van der Waals surface area (Å²) in [6.07, 6.45) is 5.41. The summed E-state index contributed by atoms with van der Waals surface area (Å²) in [7, 11) is -3.16. The van der Waals surface area contributed by atoms with Crippen LogP contribution in [0.5, 0.6) is 0 Å². The first-order valence-corrected chi connectivity index (χ1v) is 11.4. The van der Waals surface area contributed by atoms with Gasteiger partial charge in [-0.05, 0) is 50.3 Å². The van der Waals surface area contributed by atoms with E-state index in [-0.39, 0.29) is 29.9 Å². The molecule has 0 bridgehead atoms. The van der Waals surface area contributed by atoms with Gasteiger partial charge >= 0.3 is 0 Å². The molecule has 1 aromatic carbocycles. The zero-order chi connectivity index (χ0) is 19.7. The fraction of sp³-hybridized carbons (Fsp3) is 0.579. The van der Waals surface area contributed by atoms with Crippen molar-refractivity contribution >= 4 is 45.7 Å². The minimum atomic E-state index is -3.16. The summed E-state index contributed by atoms with van der Waals surface area (Å²) in [6, 6.07) is 7.35. The minimum Gasteiger partial charge on any atom is -0.357 e. The SMILES string of the molecule is CCNC(=NCCCC(=O)NC1CC1)NCCc1ccc(S(C)(=O)=O)cc1.I. The van der Waals surface area contributed by atoms with E-state index in [1.165, 1.54) is 6.26 Å². The van der Waals surface area contributed by atoms with Crippen LogP contribution in [0.1, 0.15) is 38.2 Å². The van der Waals surface area contributed by atoms with E-state index < -0.39 is 9.84 Å². The summed E-state index contributed by atoms with van der Waals surface area (Å²) < 4.78 is 23.0. The highest BCUT2D eigenvalue weighted by atomic mass is 127. The number of halogens is 1. The van der Waals surface area contributed by atoms with E-state index in [2.05, 4.69) is 20.9 Å². The average molecular weight is 522 g/mol. The van der Waals surface area contributed by atoms with E-state index in [0.29, 0.717) is 30.4 Å². The molecule has 9 heteroatoms. The van der Waals surface area contributed by atoms with Crippen LogP contribution in [0, 0.1) is 0 Å². The summed E-state index contributed by atoms with van der Waals surface area (Å²) >= 11 is 0. The van der Waals surface area contributed by atoms with Crippen LogP contribution in [-0.4, -0.2) is 52.2 Å². The van der Waals surface area contributed by atoms with E-state index in [9.17, 15) is 13.2 Å². The molecule has 28 heavy (non-hydrogen) atoms. The molecule has 1 saturated carbocycles. The fourth-order valence-corrected chi connectivity index (χ4v) is 3.16. The number of carbonyl (C=O) groups is 1. The van der Waals surface area contributed by atoms with Crippen LogP contribution in [0.25, 0.3) is 0 Å². The molecule has 0 radical (unpaired) electrons. The molecule has 0 saturated heterocycles. The third kappa shape index (κ3) is 9.72. The molecule has 0 heterocycles. The van der Waals surface area contributed by atoms with Gasteiger partial charge in [-0.15, -0.1) is 24.0 Å². The van der Waals surface area contributed by atoms with E-state index in [1.54, 1.807) is 12.1 Å². The smallest absolute Gasteiger partial charge is 0.220 e. The summed E-state index contributed by atoms with van der Waals surface area (Å²) in [5.41, 5.74) is 1.06. The lowest BCUT2D eigenvalue weighted by Crippen LogP contribution is -2.38. The van der Waals surface area contributed by atoms with Crippen LogP contribution < -0.4 is 16.0 Å². The van der Waals surface area contributed by atoms with Crippen LogP contribution in [0.4, 0.5) is 0 Å². The molecule has 0 unspecified atom stereocenters. The molecule has 158 valence electrons. The molecule has 1 aliphatic rings. The first-order valence-electron chi connectivity index (χ1n) is 9.49. The summed E-state index contributed by atoms with van der Waals surface area (Å²) in [6.45, 7) is 4.05. The van der Waals surface area contributed by atoms with Crippen LogP contribution in [0.2, 0.25) is 0 Å². The number of sulfone groups is 1. The number of hydrogen-bond acceptors (Lipinski definition) is 4. The van der Waals surface area contributed by atoms with Crippen molar-refractivity contribution in [2.75, 3.05) is 25.9 Å². The topological polar surface area (TPSA) is 99.7 Å². The number of rotatable bonds is 10. The number of carbonyl (C=O) groups excluding carboxylic acids is 1. The van der Waals surface area contributed by atoms with Gasteiger partial charge in [0.1, 0.15) is 0 Å². The lowest BCUT2D eigenvalue weighted by Gasteiger charge is -2.11. The van der Waals surface area contributed by atoms with Crippen molar-refractivity contribution in [3.63, 3.8) is 0 Å². The van der Waals surface area contributed by atoms with E-state index in [1.807, 2.05) is 19.1 Å². The number of hydrogen-bond donors (Lipinski definition) is 3. The lowest BCUT2D eigenvalue weighted by molar-refractivity contribution is -0.121. The van der Waals surface area contributed by atoms with Gasteiger partial charge in [-0.2, -0.15) is 0 Å². The zero-order valence-electron chi connectivity index (χ0n) is 16.5. The maximum atomic E-state index is 11.7. The Morgan fingerprint density at radius 2 is 1.86 bits per heavy atom. The second kappa shape index (κ2) is 12.3. The molecule has 1 aromatic rings. The van der Waals surface area contributed by atoms with Crippen molar-refractivity contribution in [2.24, 2.45) is 4.99 Å². The largest absolute Gasteiger partial charge is 0.357 e. The van der Waals surface area contributed by atoms with Crippen molar-refractivity contribution in [1.82, 2.24) is 16.0 Å². The highest BCUT2D eigenvalue weighted by molar-refractivity contribution is 14.0. The molecular formula is C19H31IN4O3S. The van der Waals surface area contributed by atoms with Gasteiger partial charge in [-0.3, -0.25) is 9.79 Å². The van der Waals surface area contributed by atoms with E-state index in [4.69, 9.17) is 0 Å². The van der Waals surface area contributed by atoms with Gasteiger partial charge in [0.05, 0.1) is 4.90 Å². The van der Waals surface area contributed by atoms with Gasteiger partial charge in [0.15, 0.2) is 15.8 Å². The van der Waals surface area contributed by atoms with Crippen molar-refractivity contribution in [1.29, 1.82) is 0 Å². The van der Waals surface area contributed by atoms with Crippen molar-refractivity contribution in [3.8, 4) is 0 Å². The van der Waals surface area contributed by atoms with Gasteiger partial charge in [-0.1, -0.05) is 12.1 Å². The second-order valence-corrected chi connectivity index (χ2v) is 8.81. The van der Waals surface area contributed by atoms with E-state index >= 15 is 0 Å². The monoisotopic (exact) mass is 522 g/mol. The Bertz CT molecular complexity index is 747. The molecule has 1 amide bonds. The molecule has 1 aliphatic carbocycles. The van der Waals surface area contributed by atoms with E-state index in [0.717, 1.165) is 43.8 Å². The molecule has 7 nitrogen and oxygen atoms in total. The quantitative estimate of drug-likeness (QED) is 0.189. The Kier molecular flexibility index (Phi) is 10.8. The van der Waals surface area contributed by atoms with Crippen molar-refractivity contribution < 1.29 is 13.2 Å². The number of aliphatic imine (C=N–C) groups is 1. The van der Waals surface area contributed by atoms with Gasteiger partial charge in [0, 0.05) is 38.4 Å². The third-order valence-corrected chi connectivity index (χ3v) is 5.30. The first-order chi connectivity index (χ1) is 12.9. The average Bonchev–Trinajstić information content (AvgIpc) is 3.42. The summed E-state index contributed by atoms with van der Waals surface area (Å²) in [5, 5.41) is 9.43. The van der Waals surface area contributed by atoms with Crippen LogP contribution in [-0.2, 0) is 21.1 Å². The van der Waals surface area contributed by atoms with Crippen molar-refractivity contribution in [3.05, 3.63) is 29.8 Å². The normalized spacial score (nSPS) is 14.1. The number of guanidine groups is 1. The lowest BCUT2D eigenvalue weighted by atomic mass is 10.1. The molecule has 0 aliphatic heterocycles. The predicted molar refractivity (Wildman–Crippen MR) is 123 cm³/mol. The third-order valence-electron chi connectivity index (χ3n) is 4.18. The minimum absolute atomic E-state index is 0. The predicted octanol–water partition coefficient (Wildman–Crippen LogP) is 1.86. The van der Waals surface area contributed by atoms with Gasteiger partial charge in [0.25, 0.3) is 0 Å². The first kappa shape index (κ1) is 24.7. The van der Waals surface area contributed by atoms with Gasteiger partial charge in [-0.25, -0.2) is 8.42 Å². The summed E-state index contributed by atoms with van der Waals surface area (Å²) in [5.74, 6) is 0.844. The maximum Gasteiger partial charge on any atom is 0.220 e. The summed E-state index contributed by atoms with van der Waals surface area (Å²) in [4.78, 5) is 16.5. The number of benzene rings is 1. The fourth-order valence-electron chi connectivity index (χ4n) is 2.53. The Morgan fingerprint density at radius 3 is 2.43 bits per heavy atom. The van der Waals surface area contributed by atoms with Gasteiger partial charge < -0.3 is 16.0 Å². The van der Waals surface area contributed by atoms with Crippen molar-refractivity contribution in [2.45, 2.75) is 50.0 Å². The standard InChI is InChI=1S/C19H30N4O3S.HI/c1-3-20-19(21-13-4-5-18(24)23-16-8-9-16)22-14-12-15-6-10-17(11-7-15)27(2,25)26;/h6-7,10-11,16H,3-5,8-9,12-14H2,1-2H3,(H,23,24)(H2,20,21,22);1H. The Morgan fingerprint density at radius 1 is 1.18 bits per heavy atom. The number of nitrogens with zero attached hydrogens (tertiary/aromatic N) is 1. The zero-order valence-corrected chi connectivity index (χ0v) is 19.7. The molecular weight excluding hydrogens is 491 g/mol. The van der Waals surface area contributed by atoms with Crippen LogP contribution in [0.3, 0.4) is 0 Å². The molecule has 2 rings (SSSR count). The maximum absolute atomic E-state index is 11.7.